The molecule has 0 saturated carbocycles. The third-order valence-corrected chi connectivity index (χ3v) is 4.45. The van der Waals surface area contributed by atoms with Crippen molar-refractivity contribution in [3.05, 3.63) is 72.0 Å². The van der Waals surface area contributed by atoms with Crippen molar-refractivity contribution in [3.63, 3.8) is 0 Å². The molecule has 1 aromatic carbocycles. The van der Waals surface area contributed by atoms with E-state index in [2.05, 4.69) is 19.9 Å². The zero-order chi connectivity index (χ0) is 17.9. The van der Waals surface area contributed by atoms with E-state index < -0.39 is 0 Å². The van der Waals surface area contributed by atoms with E-state index in [1.54, 1.807) is 11.0 Å². The van der Waals surface area contributed by atoms with Gasteiger partial charge in [-0.25, -0.2) is 19.3 Å². The van der Waals surface area contributed by atoms with Crippen LogP contribution in [-0.4, -0.2) is 43.8 Å². The molecule has 1 aliphatic heterocycles. The Hall–Kier alpha value is -3.22. The Labute approximate surface area is 149 Å². The molecule has 0 unspecified atom stereocenters. The smallest absolute Gasteiger partial charge is 0.274 e. The molecule has 0 aliphatic carbocycles. The van der Waals surface area contributed by atoms with Gasteiger partial charge in [-0.3, -0.25) is 9.78 Å². The second-order valence-electron chi connectivity index (χ2n) is 6.04. The molecule has 3 aromatic rings. The van der Waals surface area contributed by atoms with Crippen LogP contribution in [0.5, 0.6) is 0 Å². The second kappa shape index (κ2) is 6.95. The summed E-state index contributed by atoms with van der Waals surface area (Å²) in [5.41, 5.74) is 3.64. The highest BCUT2D eigenvalue weighted by molar-refractivity contribution is 5.92. The maximum atomic E-state index is 13.6. The molecule has 26 heavy (non-hydrogen) atoms. The Morgan fingerprint density at radius 2 is 1.96 bits per heavy atom. The summed E-state index contributed by atoms with van der Waals surface area (Å²) in [6.07, 6.45) is 7.24. The van der Waals surface area contributed by atoms with Gasteiger partial charge in [-0.2, -0.15) is 0 Å². The van der Waals surface area contributed by atoms with Crippen molar-refractivity contribution in [2.75, 3.05) is 13.1 Å². The summed E-state index contributed by atoms with van der Waals surface area (Å²) in [6, 6.07) is 6.37. The van der Waals surface area contributed by atoms with E-state index in [1.807, 2.05) is 6.07 Å². The number of hydrogen-bond acceptors (Lipinski definition) is 5. The van der Waals surface area contributed by atoms with Crippen molar-refractivity contribution in [1.29, 1.82) is 0 Å². The van der Waals surface area contributed by atoms with Gasteiger partial charge in [-0.15, -0.1) is 0 Å². The second-order valence-corrected chi connectivity index (χ2v) is 6.04. The van der Waals surface area contributed by atoms with Crippen LogP contribution in [0.25, 0.3) is 11.3 Å². The lowest BCUT2D eigenvalue weighted by Crippen LogP contribution is -2.33. The zero-order valence-corrected chi connectivity index (χ0v) is 14.0. The summed E-state index contributed by atoms with van der Waals surface area (Å²) in [7, 11) is 0. The highest BCUT2D eigenvalue weighted by atomic mass is 19.1. The van der Waals surface area contributed by atoms with Crippen LogP contribution in [0.3, 0.4) is 0 Å². The lowest BCUT2D eigenvalue weighted by molar-refractivity contribution is 0.0756. The molecule has 6 nitrogen and oxygen atoms in total. The highest BCUT2D eigenvalue weighted by Gasteiger charge is 2.23. The summed E-state index contributed by atoms with van der Waals surface area (Å²) in [5.74, 6) is -0.450. The molecule has 0 atom stereocenters. The third-order valence-electron chi connectivity index (χ3n) is 4.45. The van der Waals surface area contributed by atoms with Crippen molar-refractivity contribution >= 4 is 5.91 Å². The third kappa shape index (κ3) is 3.15. The SMILES string of the molecule is O=C(c1cnccn1)N1CCc2ncnc(-c3cccc(F)c3)c2CC1. The topological polar surface area (TPSA) is 71.9 Å². The van der Waals surface area contributed by atoms with E-state index in [9.17, 15) is 9.18 Å². The van der Waals surface area contributed by atoms with Gasteiger partial charge in [0.05, 0.1) is 11.9 Å². The fourth-order valence-corrected chi connectivity index (χ4v) is 3.19. The van der Waals surface area contributed by atoms with Crippen LogP contribution in [0.4, 0.5) is 4.39 Å². The fraction of sp³-hybridized carbons (Fsp3) is 0.211. The first-order valence-electron chi connectivity index (χ1n) is 8.36. The Kier molecular flexibility index (Phi) is 4.35. The Balaban J connectivity index is 1.63. The van der Waals surface area contributed by atoms with Crippen LogP contribution in [0.1, 0.15) is 21.7 Å². The molecule has 1 aliphatic rings. The number of nitrogens with zero attached hydrogens (tertiary/aromatic N) is 5. The normalized spacial score (nSPS) is 13.8. The molecule has 4 rings (SSSR count). The molecule has 0 spiro atoms. The molecular weight excluding hydrogens is 333 g/mol. The van der Waals surface area contributed by atoms with E-state index in [1.165, 1.54) is 37.1 Å². The molecule has 0 fully saturated rings. The van der Waals surface area contributed by atoms with Crippen LogP contribution in [0.2, 0.25) is 0 Å². The maximum Gasteiger partial charge on any atom is 0.274 e. The van der Waals surface area contributed by atoms with Crippen LogP contribution < -0.4 is 0 Å². The number of carbonyl (C=O) groups is 1. The van der Waals surface area contributed by atoms with Crippen molar-refractivity contribution in [2.24, 2.45) is 0 Å². The average molecular weight is 349 g/mol. The van der Waals surface area contributed by atoms with Crippen molar-refractivity contribution in [2.45, 2.75) is 12.8 Å². The lowest BCUT2D eigenvalue weighted by Gasteiger charge is -2.19. The van der Waals surface area contributed by atoms with Crippen molar-refractivity contribution in [3.8, 4) is 11.3 Å². The van der Waals surface area contributed by atoms with Crippen molar-refractivity contribution < 1.29 is 9.18 Å². The van der Waals surface area contributed by atoms with Gasteiger partial charge in [0.1, 0.15) is 17.8 Å². The molecule has 0 radical (unpaired) electrons. The van der Waals surface area contributed by atoms with Gasteiger partial charge in [-0.1, -0.05) is 12.1 Å². The number of amides is 1. The van der Waals surface area contributed by atoms with Gasteiger partial charge in [0.2, 0.25) is 0 Å². The van der Waals surface area contributed by atoms with Gasteiger partial charge in [-0.05, 0) is 18.6 Å². The van der Waals surface area contributed by atoms with Gasteiger partial charge in [0, 0.05) is 48.7 Å². The molecule has 0 bridgehead atoms. The quantitative estimate of drug-likeness (QED) is 0.710. The van der Waals surface area contributed by atoms with E-state index in [0.29, 0.717) is 31.6 Å². The van der Waals surface area contributed by atoms with Gasteiger partial charge in [0.25, 0.3) is 5.91 Å². The zero-order valence-electron chi connectivity index (χ0n) is 14.0. The van der Waals surface area contributed by atoms with Gasteiger partial charge >= 0.3 is 0 Å². The van der Waals surface area contributed by atoms with Gasteiger partial charge in [0.15, 0.2) is 0 Å². The highest BCUT2D eigenvalue weighted by Crippen LogP contribution is 2.26. The molecule has 7 heteroatoms. The number of benzene rings is 1. The number of aromatic nitrogens is 4. The number of fused-ring (bicyclic) bond motifs is 1. The Morgan fingerprint density at radius 1 is 1.08 bits per heavy atom. The maximum absolute atomic E-state index is 13.6. The molecule has 0 saturated heterocycles. The van der Waals surface area contributed by atoms with E-state index in [-0.39, 0.29) is 11.7 Å². The number of halogens is 1. The summed E-state index contributed by atoms with van der Waals surface area (Å²) >= 11 is 0. The summed E-state index contributed by atoms with van der Waals surface area (Å²) in [6.45, 7) is 1.07. The number of rotatable bonds is 2. The predicted octanol–water partition coefficient (Wildman–Crippen LogP) is 2.31. The minimum Gasteiger partial charge on any atom is -0.337 e. The molecular formula is C19H16FN5O. The largest absolute Gasteiger partial charge is 0.337 e. The van der Waals surface area contributed by atoms with Crippen LogP contribution in [0, 0.1) is 5.82 Å². The first-order chi connectivity index (χ1) is 12.7. The van der Waals surface area contributed by atoms with Crippen LogP contribution in [0.15, 0.2) is 49.2 Å². The van der Waals surface area contributed by atoms with Crippen LogP contribution in [-0.2, 0) is 12.8 Å². The lowest BCUT2D eigenvalue weighted by atomic mass is 10.0. The average Bonchev–Trinajstić information content (AvgIpc) is 2.91. The van der Waals surface area contributed by atoms with E-state index in [4.69, 9.17) is 0 Å². The minimum absolute atomic E-state index is 0.147. The van der Waals surface area contributed by atoms with Crippen LogP contribution >= 0.6 is 0 Å². The monoisotopic (exact) mass is 349 g/mol. The summed E-state index contributed by atoms with van der Waals surface area (Å²) < 4.78 is 13.6. The number of carbonyl (C=O) groups excluding carboxylic acids is 1. The molecule has 130 valence electrons. The van der Waals surface area contributed by atoms with Crippen molar-refractivity contribution in [1.82, 2.24) is 24.8 Å². The first-order valence-corrected chi connectivity index (χ1v) is 8.36. The summed E-state index contributed by atoms with van der Waals surface area (Å²) in [4.78, 5) is 31.2. The Morgan fingerprint density at radius 3 is 2.77 bits per heavy atom. The summed E-state index contributed by atoms with van der Waals surface area (Å²) in [5, 5.41) is 0. The molecule has 3 heterocycles. The number of hydrogen-bond donors (Lipinski definition) is 0. The molecule has 1 amide bonds. The molecule has 0 N–H and O–H groups in total. The predicted molar refractivity (Wildman–Crippen MR) is 92.8 cm³/mol. The van der Waals surface area contributed by atoms with E-state index >= 15 is 0 Å². The van der Waals surface area contributed by atoms with Gasteiger partial charge < -0.3 is 4.90 Å². The van der Waals surface area contributed by atoms with E-state index in [0.717, 1.165) is 22.5 Å². The Bertz CT molecular complexity index is 948. The molecule has 2 aromatic heterocycles. The fourth-order valence-electron chi connectivity index (χ4n) is 3.19. The minimum atomic E-state index is -0.303. The standard InChI is InChI=1S/C19H16FN5O/c20-14-3-1-2-13(10-14)18-15-4-8-25(9-5-16(15)23-12-24-18)19(26)17-11-21-6-7-22-17/h1-3,6-7,10-12H,4-5,8-9H2. The first kappa shape index (κ1) is 16.3.